The van der Waals surface area contributed by atoms with E-state index in [-0.39, 0.29) is 22.2 Å². The number of aryl methyl sites for hydroxylation is 2. The van der Waals surface area contributed by atoms with Crippen LogP contribution in [0.25, 0.3) is 5.76 Å². The lowest BCUT2D eigenvalue weighted by Gasteiger charge is -2.23. The summed E-state index contributed by atoms with van der Waals surface area (Å²) in [6, 6.07) is 20.9. The summed E-state index contributed by atoms with van der Waals surface area (Å²) in [6.45, 7) is 5.52. The van der Waals surface area contributed by atoms with Gasteiger partial charge in [0, 0.05) is 17.0 Å². The zero-order chi connectivity index (χ0) is 28.6. The smallest absolute Gasteiger partial charge is 0.301 e. The Balaban J connectivity index is 1.54. The summed E-state index contributed by atoms with van der Waals surface area (Å²) >= 11 is 4.51. The molecule has 1 fully saturated rings. The van der Waals surface area contributed by atoms with Crippen LogP contribution in [0.4, 0.5) is 5.13 Å². The average Bonchev–Trinajstić information content (AvgIpc) is 3.45. The van der Waals surface area contributed by atoms with Gasteiger partial charge in [-0.25, -0.2) is 4.98 Å². The molecule has 1 aliphatic rings. The van der Waals surface area contributed by atoms with Gasteiger partial charge in [0.05, 0.1) is 22.2 Å². The van der Waals surface area contributed by atoms with Gasteiger partial charge in [0.15, 0.2) is 10.9 Å². The summed E-state index contributed by atoms with van der Waals surface area (Å²) in [5.74, 6) is -1.55. The van der Waals surface area contributed by atoms with Crippen LogP contribution < -0.4 is 9.64 Å². The second-order valence-corrected chi connectivity index (χ2v) is 11.3. The summed E-state index contributed by atoms with van der Waals surface area (Å²) in [5, 5.41) is 11.6. The van der Waals surface area contributed by atoms with Gasteiger partial charge < -0.3 is 9.84 Å². The monoisotopic (exact) mass is 616 g/mol. The number of amides is 1. The molecule has 0 saturated carbocycles. The first-order valence-corrected chi connectivity index (χ1v) is 14.1. The van der Waals surface area contributed by atoms with Crippen molar-refractivity contribution in [3.8, 4) is 5.75 Å². The van der Waals surface area contributed by atoms with Gasteiger partial charge in [0.1, 0.15) is 18.1 Å². The zero-order valence-corrected chi connectivity index (χ0v) is 24.4. The summed E-state index contributed by atoms with van der Waals surface area (Å²) < 4.78 is 6.66. The van der Waals surface area contributed by atoms with Crippen molar-refractivity contribution in [2.75, 3.05) is 4.90 Å². The van der Waals surface area contributed by atoms with Crippen LogP contribution in [0.2, 0.25) is 0 Å². The minimum absolute atomic E-state index is 0.0612. The van der Waals surface area contributed by atoms with Crippen molar-refractivity contribution < 1.29 is 24.2 Å². The summed E-state index contributed by atoms with van der Waals surface area (Å²) in [7, 11) is 0. The van der Waals surface area contributed by atoms with Crippen LogP contribution in [0, 0.1) is 13.8 Å². The third-order valence-corrected chi connectivity index (χ3v) is 8.45. The molecule has 2 heterocycles. The molecule has 1 aliphatic heterocycles. The van der Waals surface area contributed by atoms with Crippen LogP contribution in [0.1, 0.15) is 50.6 Å². The molecule has 1 amide bonds. The van der Waals surface area contributed by atoms with E-state index in [2.05, 4.69) is 20.9 Å². The van der Waals surface area contributed by atoms with E-state index in [9.17, 15) is 19.5 Å². The maximum absolute atomic E-state index is 13.4. The van der Waals surface area contributed by atoms with Gasteiger partial charge in [-0.05, 0) is 66.9 Å². The highest BCUT2D eigenvalue weighted by molar-refractivity contribution is 9.10. The fourth-order valence-corrected chi connectivity index (χ4v) is 6.04. The van der Waals surface area contributed by atoms with Gasteiger partial charge in [0.2, 0.25) is 0 Å². The second kappa shape index (κ2) is 11.2. The van der Waals surface area contributed by atoms with Gasteiger partial charge >= 0.3 is 5.91 Å². The van der Waals surface area contributed by atoms with E-state index in [1.165, 1.54) is 11.8 Å². The van der Waals surface area contributed by atoms with Crippen molar-refractivity contribution in [3.63, 3.8) is 0 Å². The molecule has 4 aromatic rings. The highest BCUT2D eigenvalue weighted by Crippen LogP contribution is 2.44. The molecule has 1 N–H and O–H groups in total. The number of halogens is 1. The molecule has 1 unspecified atom stereocenters. The fraction of sp³-hybridized carbons (Fsp3) is 0.161. The molecule has 202 valence electrons. The number of hydrogen-bond donors (Lipinski definition) is 1. The normalized spacial score (nSPS) is 16.4. The number of hydrogen-bond acceptors (Lipinski definition) is 7. The summed E-state index contributed by atoms with van der Waals surface area (Å²) in [4.78, 5) is 45.0. The van der Waals surface area contributed by atoms with Crippen molar-refractivity contribution in [2.24, 2.45) is 0 Å². The number of aliphatic hydroxyl groups excluding tert-OH is 1. The van der Waals surface area contributed by atoms with Crippen LogP contribution in [0.15, 0.2) is 82.8 Å². The lowest BCUT2D eigenvalue weighted by Crippen LogP contribution is -2.29. The van der Waals surface area contributed by atoms with Crippen LogP contribution >= 0.6 is 27.3 Å². The number of aromatic nitrogens is 1. The maximum Gasteiger partial charge on any atom is 0.301 e. The van der Waals surface area contributed by atoms with Crippen molar-refractivity contribution in [1.29, 1.82) is 0 Å². The number of thiazole rings is 1. The number of rotatable bonds is 7. The SMILES string of the molecule is CC(=O)c1sc(N2C(=O)C(=O)/C(=C(/O)c3ccc(OCc4ccccc4C)cc3)C2c2cccc(Br)c2)nc1C. The number of anilines is 1. The Kier molecular flexibility index (Phi) is 7.69. The molecule has 0 radical (unpaired) electrons. The topological polar surface area (TPSA) is 96.8 Å². The van der Waals surface area contributed by atoms with Gasteiger partial charge in [-0.15, -0.1) is 0 Å². The van der Waals surface area contributed by atoms with Crippen molar-refractivity contribution >= 4 is 55.6 Å². The van der Waals surface area contributed by atoms with Crippen LogP contribution in [-0.4, -0.2) is 27.6 Å². The van der Waals surface area contributed by atoms with Crippen LogP contribution in [-0.2, 0) is 16.2 Å². The Morgan fingerprint density at radius 1 is 1.05 bits per heavy atom. The van der Waals surface area contributed by atoms with E-state index >= 15 is 0 Å². The largest absolute Gasteiger partial charge is 0.507 e. The van der Waals surface area contributed by atoms with E-state index < -0.39 is 17.7 Å². The van der Waals surface area contributed by atoms with E-state index in [1.807, 2.05) is 37.3 Å². The Labute approximate surface area is 243 Å². The summed E-state index contributed by atoms with van der Waals surface area (Å²) in [5.41, 5.74) is 3.57. The molecule has 1 saturated heterocycles. The number of carbonyl (C=O) groups is 3. The molecule has 40 heavy (non-hydrogen) atoms. The molecule has 0 bridgehead atoms. The first-order chi connectivity index (χ1) is 19.2. The Morgan fingerprint density at radius 2 is 1.77 bits per heavy atom. The fourth-order valence-electron chi connectivity index (χ4n) is 4.63. The predicted molar refractivity (Wildman–Crippen MR) is 158 cm³/mol. The highest BCUT2D eigenvalue weighted by atomic mass is 79.9. The third kappa shape index (κ3) is 5.22. The van der Waals surface area contributed by atoms with Crippen LogP contribution in [0.5, 0.6) is 5.75 Å². The number of benzene rings is 3. The van der Waals surface area contributed by atoms with E-state index in [4.69, 9.17) is 4.74 Å². The number of ether oxygens (including phenoxy) is 1. The highest BCUT2D eigenvalue weighted by Gasteiger charge is 2.48. The van der Waals surface area contributed by atoms with Crippen LogP contribution in [0.3, 0.4) is 0 Å². The molecule has 9 heteroatoms. The van der Waals surface area contributed by atoms with E-state index in [0.717, 1.165) is 26.9 Å². The van der Waals surface area contributed by atoms with Crippen molar-refractivity contribution in [2.45, 2.75) is 33.4 Å². The molecule has 1 atom stereocenters. The lowest BCUT2D eigenvalue weighted by molar-refractivity contribution is -0.132. The molecule has 5 rings (SSSR count). The van der Waals surface area contributed by atoms with E-state index in [0.29, 0.717) is 34.1 Å². The van der Waals surface area contributed by atoms with Gasteiger partial charge in [-0.2, -0.15) is 0 Å². The second-order valence-electron chi connectivity index (χ2n) is 9.43. The zero-order valence-electron chi connectivity index (χ0n) is 22.0. The van der Waals surface area contributed by atoms with Gasteiger partial charge in [-0.3, -0.25) is 19.3 Å². The molecule has 0 spiro atoms. The standard InChI is InChI=1S/C31H25BrN2O5S/c1-17-7-4-5-8-22(17)16-39-24-13-11-20(12-14-24)27(36)25-26(21-9-6-10-23(32)15-21)34(30(38)28(25)37)31-33-18(2)29(40-31)19(3)35/h4-15,26,36H,16H2,1-3H3/b27-25+. The average molecular weight is 618 g/mol. The number of nitrogens with zero attached hydrogens (tertiary/aromatic N) is 2. The maximum atomic E-state index is 13.4. The molecule has 3 aromatic carbocycles. The van der Waals surface area contributed by atoms with E-state index in [1.54, 1.807) is 49.4 Å². The molecule has 1 aromatic heterocycles. The lowest BCUT2D eigenvalue weighted by atomic mass is 9.95. The van der Waals surface area contributed by atoms with Gasteiger partial charge in [-0.1, -0.05) is 63.7 Å². The third-order valence-electron chi connectivity index (χ3n) is 6.70. The number of carbonyl (C=O) groups excluding carboxylic acids is 3. The first kappa shape index (κ1) is 27.5. The minimum atomic E-state index is -0.945. The Hall–Kier alpha value is -4.08. The molecular weight excluding hydrogens is 592 g/mol. The Morgan fingerprint density at radius 3 is 2.42 bits per heavy atom. The van der Waals surface area contributed by atoms with Crippen molar-refractivity contribution in [1.82, 2.24) is 4.98 Å². The quantitative estimate of drug-likeness (QED) is 0.105. The molecular formula is C31H25BrN2O5S. The first-order valence-electron chi connectivity index (χ1n) is 12.5. The number of Topliss-reactive ketones (excluding diaryl/α,β-unsaturated/α-hetero) is 2. The summed E-state index contributed by atoms with van der Waals surface area (Å²) in [6.07, 6.45) is 0. The Bertz CT molecular complexity index is 1680. The number of ketones is 2. The van der Waals surface area contributed by atoms with Crippen molar-refractivity contribution in [3.05, 3.63) is 116 Å². The van der Waals surface area contributed by atoms with Gasteiger partial charge in [0.25, 0.3) is 5.78 Å². The minimum Gasteiger partial charge on any atom is -0.507 e. The predicted octanol–water partition coefficient (Wildman–Crippen LogP) is 6.93. The molecule has 0 aliphatic carbocycles. The molecule has 7 nitrogen and oxygen atoms in total. The number of aliphatic hydroxyl groups is 1.